The van der Waals surface area contributed by atoms with Crippen molar-refractivity contribution in [2.75, 3.05) is 18.4 Å². The molecule has 3 rings (SSSR count). The summed E-state index contributed by atoms with van der Waals surface area (Å²) in [6.45, 7) is 6.14. The minimum absolute atomic E-state index is 0.0410. The van der Waals surface area contributed by atoms with Gasteiger partial charge in [-0.3, -0.25) is 4.79 Å². The van der Waals surface area contributed by atoms with Crippen LogP contribution in [0.2, 0.25) is 5.02 Å². The molecule has 0 aliphatic heterocycles. The van der Waals surface area contributed by atoms with E-state index >= 15 is 0 Å². The Hall–Kier alpha value is -2.00. The number of amides is 1. The third kappa shape index (κ3) is 4.05. The van der Waals surface area contributed by atoms with Crippen molar-refractivity contribution in [2.24, 2.45) is 0 Å². The highest BCUT2D eigenvalue weighted by atomic mass is 35.5. The monoisotopic (exact) mass is 437 g/mol. The van der Waals surface area contributed by atoms with Gasteiger partial charge in [0.2, 0.25) is 10.0 Å². The van der Waals surface area contributed by atoms with E-state index in [0.717, 1.165) is 15.2 Å². The number of nitrogens with zero attached hydrogens (tertiary/aromatic N) is 2. The van der Waals surface area contributed by atoms with Crippen molar-refractivity contribution in [1.82, 2.24) is 9.29 Å². The predicted molar refractivity (Wildman–Crippen MR) is 114 cm³/mol. The molecule has 0 atom stereocenters. The second-order valence-corrected chi connectivity index (χ2v) is 9.68. The number of nitrogens with one attached hydrogen (secondary N) is 1. The maximum Gasteiger partial charge on any atom is 0.257 e. The highest BCUT2D eigenvalue weighted by molar-refractivity contribution is 7.89. The van der Waals surface area contributed by atoms with Gasteiger partial charge in [-0.05, 0) is 43.3 Å². The van der Waals surface area contributed by atoms with Crippen molar-refractivity contribution in [3.8, 4) is 0 Å². The van der Waals surface area contributed by atoms with Gasteiger partial charge in [0, 0.05) is 18.8 Å². The van der Waals surface area contributed by atoms with E-state index in [2.05, 4.69) is 10.3 Å². The molecular weight excluding hydrogens is 418 g/mol. The Bertz CT molecular complexity index is 1140. The van der Waals surface area contributed by atoms with Gasteiger partial charge >= 0.3 is 0 Å². The lowest BCUT2D eigenvalue weighted by Crippen LogP contribution is -2.30. The fraction of sp³-hybridized carbons (Fsp3) is 0.263. The van der Waals surface area contributed by atoms with Crippen LogP contribution in [-0.2, 0) is 10.0 Å². The molecule has 148 valence electrons. The number of hydrogen-bond acceptors (Lipinski definition) is 5. The van der Waals surface area contributed by atoms with Crippen LogP contribution in [0.15, 0.2) is 41.3 Å². The topological polar surface area (TPSA) is 79.4 Å². The largest absolute Gasteiger partial charge is 0.322 e. The average Bonchev–Trinajstić information content (AvgIpc) is 3.01. The van der Waals surface area contributed by atoms with E-state index in [0.29, 0.717) is 18.8 Å². The summed E-state index contributed by atoms with van der Waals surface area (Å²) < 4.78 is 27.8. The molecule has 9 heteroatoms. The molecule has 0 saturated heterocycles. The van der Waals surface area contributed by atoms with Crippen LogP contribution >= 0.6 is 22.9 Å². The van der Waals surface area contributed by atoms with Gasteiger partial charge in [-0.1, -0.05) is 25.4 Å². The molecule has 0 spiro atoms. The Kier molecular flexibility index (Phi) is 6.04. The number of anilines is 1. The molecule has 0 bridgehead atoms. The molecule has 2 aromatic carbocycles. The van der Waals surface area contributed by atoms with Crippen molar-refractivity contribution in [1.29, 1.82) is 0 Å². The minimum atomic E-state index is -3.68. The van der Waals surface area contributed by atoms with Crippen molar-refractivity contribution in [3.05, 3.63) is 52.0 Å². The highest BCUT2D eigenvalue weighted by Crippen LogP contribution is 2.27. The summed E-state index contributed by atoms with van der Waals surface area (Å²) in [6.07, 6.45) is 0. The van der Waals surface area contributed by atoms with Crippen LogP contribution in [0.4, 0.5) is 5.69 Å². The first-order chi connectivity index (χ1) is 13.3. The number of rotatable bonds is 6. The van der Waals surface area contributed by atoms with Crippen LogP contribution in [0.25, 0.3) is 10.2 Å². The molecule has 6 nitrogen and oxygen atoms in total. The van der Waals surface area contributed by atoms with E-state index < -0.39 is 15.9 Å². The molecule has 1 amide bonds. The van der Waals surface area contributed by atoms with Gasteiger partial charge in [-0.2, -0.15) is 4.31 Å². The number of thiazole rings is 1. The molecule has 0 aliphatic carbocycles. The maximum atomic E-state index is 12.7. The number of fused-ring (bicyclic) bond motifs is 1. The normalized spacial score (nSPS) is 11.9. The lowest BCUT2D eigenvalue weighted by atomic mass is 10.2. The molecule has 0 fully saturated rings. The maximum absolute atomic E-state index is 12.7. The number of halogens is 1. The Morgan fingerprint density at radius 2 is 1.89 bits per heavy atom. The Balaban J connectivity index is 1.92. The number of hydrogen-bond donors (Lipinski definition) is 1. The first-order valence-corrected chi connectivity index (χ1v) is 11.4. The van der Waals surface area contributed by atoms with E-state index in [-0.39, 0.29) is 15.5 Å². The molecular formula is C19H20ClN3O3S2. The van der Waals surface area contributed by atoms with Gasteiger partial charge in [0.1, 0.15) is 0 Å². The molecule has 3 aromatic rings. The number of carbonyl (C=O) groups excluding carboxylic acids is 1. The summed E-state index contributed by atoms with van der Waals surface area (Å²) in [5.41, 5.74) is 1.57. The number of sulfonamides is 1. The molecule has 1 aromatic heterocycles. The Labute approximate surface area is 173 Å². The Morgan fingerprint density at radius 1 is 1.18 bits per heavy atom. The molecule has 1 heterocycles. The second kappa shape index (κ2) is 8.16. The number of aryl methyl sites for hydroxylation is 1. The number of aromatic nitrogens is 1. The average molecular weight is 438 g/mol. The van der Waals surface area contributed by atoms with Crippen molar-refractivity contribution in [2.45, 2.75) is 25.7 Å². The summed E-state index contributed by atoms with van der Waals surface area (Å²) in [6, 6.07) is 9.59. The van der Waals surface area contributed by atoms with E-state index in [9.17, 15) is 13.2 Å². The summed E-state index contributed by atoms with van der Waals surface area (Å²) in [7, 11) is -3.68. The molecule has 0 saturated carbocycles. The molecule has 28 heavy (non-hydrogen) atoms. The number of carbonyl (C=O) groups is 1. The molecule has 0 unspecified atom stereocenters. The Morgan fingerprint density at radius 3 is 2.57 bits per heavy atom. The van der Waals surface area contributed by atoms with Gasteiger partial charge in [-0.25, -0.2) is 13.4 Å². The van der Waals surface area contributed by atoms with Gasteiger partial charge in [0.25, 0.3) is 5.91 Å². The third-order valence-corrected chi connectivity index (χ3v) is 7.59. The minimum Gasteiger partial charge on any atom is -0.322 e. The highest BCUT2D eigenvalue weighted by Gasteiger charge is 2.24. The van der Waals surface area contributed by atoms with Gasteiger partial charge in [-0.15, -0.1) is 11.3 Å². The second-order valence-electron chi connectivity index (χ2n) is 6.10. The van der Waals surface area contributed by atoms with Crippen LogP contribution in [0, 0.1) is 6.92 Å². The van der Waals surface area contributed by atoms with Crippen LogP contribution in [0.5, 0.6) is 0 Å². The van der Waals surface area contributed by atoms with Crippen LogP contribution in [0.1, 0.15) is 29.2 Å². The fourth-order valence-corrected chi connectivity index (χ4v) is 5.42. The standard InChI is InChI=1S/C19H20ClN3O3S2/c1-4-23(5-2)28(25,26)14-7-8-16(20)15(11-14)19(24)22-13-6-9-17-18(10-13)27-12(3)21-17/h6-11H,4-5H2,1-3H3,(H,22,24). The third-order valence-electron chi connectivity index (χ3n) is 4.28. The van der Waals surface area contributed by atoms with E-state index in [1.165, 1.54) is 33.8 Å². The first-order valence-electron chi connectivity index (χ1n) is 8.74. The van der Waals surface area contributed by atoms with E-state index in [1.807, 2.05) is 19.1 Å². The van der Waals surface area contributed by atoms with E-state index in [1.54, 1.807) is 19.9 Å². The smallest absolute Gasteiger partial charge is 0.257 e. The predicted octanol–water partition coefficient (Wildman–Crippen LogP) is 4.54. The molecule has 1 N–H and O–H groups in total. The fourth-order valence-electron chi connectivity index (χ4n) is 2.87. The summed E-state index contributed by atoms with van der Waals surface area (Å²) in [4.78, 5) is 17.2. The van der Waals surface area contributed by atoms with Gasteiger partial charge in [0.15, 0.2) is 0 Å². The quantitative estimate of drug-likeness (QED) is 0.613. The molecule has 0 radical (unpaired) electrons. The summed E-state index contributed by atoms with van der Waals surface area (Å²) in [5.74, 6) is -0.470. The SMILES string of the molecule is CCN(CC)S(=O)(=O)c1ccc(Cl)c(C(=O)Nc2ccc3nc(C)sc3c2)c1. The van der Waals surface area contributed by atoms with Crippen molar-refractivity contribution in [3.63, 3.8) is 0 Å². The summed E-state index contributed by atoms with van der Waals surface area (Å²) >= 11 is 7.71. The van der Waals surface area contributed by atoms with Crippen LogP contribution < -0.4 is 5.32 Å². The van der Waals surface area contributed by atoms with Crippen molar-refractivity contribution >= 4 is 54.8 Å². The zero-order valence-electron chi connectivity index (χ0n) is 15.7. The van der Waals surface area contributed by atoms with Crippen molar-refractivity contribution < 1.29 is 13.2 Å². The van der Waals surface area contributed by atoms with Gasteiger partial charge in [0.05, 0.1) is 30.7 Å². The zero-order chi connectivity index (χ0) is 20.5. The van der Waals surface area contributed by atoms with Gasteiger partial charge < -0.3 is 5.32 Å². The lowest BCUT2D eigenvalue weighted by molar-refractivity contribution is 0.102. The van der Waals surface area contributed by atoms with E-state index in [4.69, 9.17) is 11.6 Å². The lowest BCUT2D eigenvalue weighted by Gasteiger charge is -2.19. The number of benzene rings is 2. The zero-order valence-corrected chi connectivity index (χ0v) is 18.1. The van der Waals surface area contributed by atoms with Crippen LogP contribution in [0.3, 0.4) is 0 Å². The molecule has 0 aliphatic rings. The summed E-state index contributed by atoms with van der Waals surface area (Å²) in [5, 5.41) is 3.91. The first kappa shape index (κ1) is 20.7. The van der Waals surface area contributed by atoms with Crippen LogP contribution in [-0.4, -0.2) is 36.7 Å².